The van der Waals surface area contributed by atoms with E-state index in [9.17, 15) is 13.2 Å². The van der Waals surface area contributed by atoms with Crippen LogP contribution in [0, 0.1) is 0 Å². The van der Waals surface area contributed by atoms with Gasteiger partial charge in [0.15, 0.2) is 0 Å². The Morgan fingerprint density at radius 3 is 2.89 bits per heavy atom. The number of benzene rings is 1. The van der Waals surface area contributed by atoms with Crippen molar-refractivity contribution in [2.75, 3.05) is 13.1 Å². The molecule has 1 fully saturated rings. The molecule has 0 bridgehead atoms. The van der Waals surface area contributed by atoms with Crippen molar-refractivity contribution >= 4 is 15.9 Å². The third kappa shape index (κ3) is 2.63. The first kappa shape index (κ1) is 14.0. The minimum Gasteiger partial charge on any atom is -0.353 e. The molecule has 7 heteroatoms. The lowest BCUT2D eigenvalue weighted by atomic mass is 10.2. The average Bonchev–Trinajstić information content (AvgIpc) is 2.41. The van der Waals surface area contributed by atoms with Crippen LogP contribution in [0.1, 0.15) is 12.5 Å². The number of rotatable bonds is 3. The van der Waals surface area contributed by atoms with Crippen LogP contribution in [0.25, 0.3) is 0 Å². The van der Waals surface area contributed by atoms with Crippen molar-refractivity contribution in [1.29, 1.82) is 0 Å². The summed E-state index contributed by atoms with van der Waals surface area (Å²) in [7, 11) is -3.66. The van der Waals surface area contributed by atoms with Gasteiger partial charge in [0.1, 0.15) is 6.04 Å². The molecule has 1 saturated heterocycles. The summed E-state index contributed by atoms with van der Waals surface area (Å²) in [6, 6.07) is 5.80. The van der Waals surface area contributed by atoms with Gasteiger partial charge >= 0.3 is 0 Å². The molecule has 1 aromatic carbocycles. The van der Waals surface area contributed by atoms with E-state index in [1.165, 1.54) is 10.4 Å². The van der Waals surface area contributed by atoms with Crippen LogP contribution in [0.15, 0.2) is 29.2 Å². The summed E-state index contributed by atoms with van der Waals surface area (Å²) in [4.78, 5) is 11.7. The zero-order valence-electron chi connectivity index (χ0n) is 10.7. The maximum atomic E-state index is 12.5. The van der Waals surface area contributed by atoms with Gasteiger partial charge in [0.05, 0.1) is 4.90 Å². The van der Waals surface area contributed by atoms with E-state index in [-0.39, 0.29) is 23.9 Å². The van der Waals surface area contributed by atoms with Crippen molar-refractivity contribution in [3.8, 4) is 0 Å². The van der Waals surface area contributed by atoms with E-state index in [1.54, 1.807) is 25.1 Å². The van der Waals surface area contributed by atoms with E-state index in [2.05, 4.69) is 5.32 Å². The fourth-order valence-electron chi connectivity index (χ4n) is 2.06. The molecule has 6 nitrogen and oxygen atoms in total. The third-order valence-corrected chi connectivity index (χ3v) is 5.15. The lowest BCUT2D eigenvalue weighted by molar-refractivity contribution is -0.126. The minimum atomic E-state index is -3.66. The predicted molar refractivity (Wildman–Crippen MR) is 70.7 cm³/mol. The molecule has 104 valence electrons. The molecule has 19 heavy (non-hydrogen) atoms. The van der Waals surface area contributed by atoms with Crippen molar-refractivity contribution in [1.82, 2.24) is 9.62 Å². The summed E-state index contributed by atoms with van der Waals surface area (Å²) in [5.41, 5.74) is 6.26. The maximum absolute atomic E-state index is 12.5. The monoisotopic (exact) mass is 283 g/mol. The Bertz CT molecular complexity index is 586. The van der Waals surface area contributed by atoms with Gasteiger partial charge in [-0.15, -0.1) is 0 Å². The zero-order valence-corrected chi connectivity index (χ0v) is 11.5. The Hall–Kier alpha value is -1.44. The average molecular weight is 283 g/mol. The number of piperazine rings is 1. The molecule has 0 aromatic heterocycles. The molecule has 1 unspecified atom stereocenters. The van der Waals surface area contributed by atoms with Crippen LogP contribution in [-0.2, 0) is 21.4 Å². The number of nitrogens with one attached hydrogen (secondary N) is 1. The quantitative estimate of drug-likeness (QED) is 0.793. The number of sulfonamides is 1. The Morgan fingerprint density at radius 1 is 1.47 bits per heavy atom. The molecule has 2 rings (SSSR count). The zero-order chi connectivity index (χ0) is 14.0. The van der Waals surface area contributed by atoms with Crippen molar-refractivity contribution < 1.29 is 13.2 Å². The Kier molecular flexibility index (Phi) is 3.88. The van der Waals surface area contributed by atoms with Crippen molar-refractivity contribution in [3.63, 3.8) is 0 Å². The molecule has 0 aliphatic carbocycles. The highest BCUT2D eigenvalue weighted by Crippen LogP contribution is 2.20. The topological polar surface area (TPSA) is 92.5 Å². The predicted octanol–water partition coefficient (Wildman–Crippen LogP) is -0.346. The van der Waals surface area contributed by atoms with Crippen LogP contribution in [0.2, 0.25) is 0 Å². The first-order chi connectivity index (χ1) is 8.96. The molecule has 0 saturated carbocycles. The number of hydrogen-bond acceptors (Lipinski definition) is 4. The molecule has 1 aliphatic rings. The van der Waals surface area contributed by atoms with Gasteiger partial charge in [-0.3, -0.25) is 4.79 Å². The van der Waals surface area contributed by atoms with Crippen LogP contribution in [-0.4, -0.2) is 37.8 Å². The summed E-state index contributed by atoms with van der Waals surface area (Å²) in [6.45, 7) is 2.47. The van der Waals surface area contributed by atoms with Gasteiger partial charge < -0.3 is 11.1 Å². The van der Waals surface area contributed by atoms with E-state index >= 15 is 0 Å². The third-order valence-electron chi connectivity index (χ3n) is 3.18. The van der Waals surface area contributed by atoms with Crippen LogP contribution in [0.3, 0.4) is 0 Å². The van der Waals surface area contributed by atoms with E-state index < -0.39 is 16.1 Å². The molecular weight excluding hydrogens is 266 g/mol. The van der Waals surface area contributed by atoms with Crippen LogP contribution >= 0.6 is 0 Å². The SMILES string of the molecule is CC1C(=O)NCCN1S(=O)(=O)c1cccc(CN)c1. The van der Waals surface area contributed by atoms with E-state index in [0.717, 1.165) is 5.56 Å². The normalized spacial score (nSPS) is 21.2. The van der Waals surface area contributed by atoms with Gasteiger partial charge in [-0.05, 0) is 24.6 Å². The lowest BCUT2D eigenvalue weighted by Crippen LogP contribution is -2.55. The summed E-state index contributed by atoms with van der Waals surface area (Å²) in [6.07, 6.45) is 0. The fourth-order valence-corrected chi connectivity index (χ4v) is 3.72. The molecule has 0 spiro atoms. The van der Waals surface area contributed by atoms with Crippen LogP contribution < -0.4 is 11.1 Å². The Morgan fingerprint density at radius 2 is 2.21 bits per heavy atom. The number of nitrogens with two attached hydrogens (primary N) is 1. The Balaban J connectivity index is 2.38. The summed E-state index contributed by atoms with van der Waals surface area (Å²) in [5.74, 6) is -0.273. The number of amides is 1. The van der Waals surface area contributed by atoms with Gasteiger partial charge in [0.25, 0.3) is 0 Å². The molecule has 1 aromatic rings. The molecule has 1 aliphatic heterocycles. The number of nitrogens with zero attached hydrogens (tertiary/aromatic N) is 1. The molecule has 1 heterocycles. The number of carbonyl (C=O) groups excluding carboxylic acids is 1. The van der Waals surface area contributed by atoms with Crippen LogP contribution in [0.4, 0.5) is 0 Å². The number of carbonyl (C=O) groups is 1. The van der Waals surface area contributed by atoms with Gasteiger partial charge in [-0.2, -0.15) is 4.31 Å². The van der Waals surface area contributed by atoms with Gasteiger partial charge in [0.2, 0.25) is 15.9 Å². The largest absolute Gasteiger partial charge is 0.353 e. The van der Waals surface area contributed by atoms with Crippen molar-refractivity contribution in [3.05, 3.63) is 29.8 Å². The van der Waals surface area contributed by atoms with Gasteiger partial charge in [0, 0.05) is 19.6 Å². The minimum absolute atomic E-state index is 0.178. The standard InChI is InChI=1S/C12H17N3O3S/c1-9-12(16)14-5-6-15(9)19(17,18)11-4-2-3-10(7-11)8-13/h2-4,7,9H,5-6,8,13H2,1H3,(H,14,16). The van der Waals surface area contributed by atoms with Gasteiger partial charge in [-0.25, -0.2) is 8.42 Å². The Labute approximate surface area is 112 Å². The second-order valence-electron chi connectivity index (χ2n) is 4.43. The highest BCUT2D eigenvalue weighted by Gasteiger charge is 2.35. The highest BCUT2D eigenvalue weighted by molar-refractivity contribution is 7.89. The molecule has 1 atom stereocenters. The van der Waals surface area contributed by atoms with E-state index in [4.69, 9.17) is 5.73 Å². The highest BCUT2D eigenvalue weighted by atomic mass is 32.2. The van der Waals surface area contributed by atoms with E-state index in [0.29, 0.717) is 6.54 Å². The summed E-state index contributed by atoms with van der Waals surface area (Å²) >= 11 is 0. The fraction of sp³-hybridized carbons (Fsp3) is 0.417. The lowest BCUT2D eigenvalue weighted by Gasteiger charge is -2.31. The first-order valence-corrected chi connectivity index (χ1v) is 7.49. The van der Waals surface area contributed by atoms with Crippen molar-refractivity contribution in [2.24, 2.45) is 5.73 Å². The smallest absolute Gasteiger partial charge is 0.243 e. The second kappa shape index (κ2) is 5.28. The van der Waals surface area contributed by atoms with Gasteiger partial charge in [-0.1, -0.05) is 12.1 Å². The van der Waals surface area contributed by atoms with Crippen molar-refractivity contribution in [2.45, 2.75) is 24.4 Å². The first-order valence-electron chi connectivity index (χ1n) is 6.05. The summed E-state index contributed by atoms with van der Waals surface area (Å²) in [5, 5.41) is 2.64. The molecular formula is C12H17N3O3S. The van der Waals surface area contributed by atoms with E-state index in [1.807, 2.05) is 0 Å². The molecule has 1 amide bonds. The summed E-state index contributed by atoms with van der Waals surface area (Å²) < 4.78 is 26.3. The molecule has 0 radical (unpaired) electrons. The van der Waals surface area contributed by atoms with Crippen LogP contribution in [0.5, 0.6) is 0 Å². The maximum Gasteiger partial charge on any atom is 0.243 e. The second-order valence-corrected chi connectivity index (χ2v) is 6.32. The number of hydrogen-bond donors (Lipinski definition) is 2. The molecule has 3 N–H and O–H groups in total.